The second-order valence-corrected chi connectivity index (χ2v) is 9.73. The van der Waals surface area contributed by atoms with Crippen molar-refractivity contribution in [2.75, 3.05) is 27.5 Å². The van der Waals surface area contributed by atoms with E-state index in [9.17, 15) is 0 Å². The van der Waals surface area contributed by atoms with Crippen LogP contribution >= 0.6 is 11.6 Å². The molecule has 5 aromatic rings. The van der Waals surface area contributed by atoms with E-state index in [1.54, 1.807) is 6.20 Å². The average Bonchev–Trinajstić information content (AvgIpc) is 3.30. The first-order valence-corrected chi connectivity index (χ1v) is 12.5. The van der Waals surface area contributed by atoms with Gasteiger partial charge in [-0.05, 0) is 61.9 Å². The minimum Gasteiger partial charge on any atom is -0.326 e. The Bertz CT molecular complexity index is 1680. The molecule has 0 amide bonds. The Kier molecular flexibility index (Phi) is 5.84. The van der Waals surface area contributed by atoms with E-state index in [4.69, 9.17) is 16.6 Å². The van der Waals surface area contributed by atoms with Crippen LogP contribution in [0.25, 0.3) is 11.0 Å². The first kappa shape index (κ1) is 23.7. The minimum atomic E-state index is 0.511. The minimum absolute atomic E-state index is 0.511. The van der Waals surface area contributed by atoms with Crippen LogP contribution in [-0.4, -0.2) is 32.0 Å². The number of benzene rings is 2. The number of anilines is 6. The molecule has 3 N–H and O–H groups in total. The van der Waals surface area contributed by atoms with Gasteiger partial charge in [0, 0.05) is 40.9 Å². The number of imidazole rings is 1. The molecule has 3 aromatic heterocycles. The summed E-state index contributed by atoms with van der Waals surface area (Å²) in [5.74, 6) is 2.79. The molecule has 1 aliphatic rings. The molecule has 0 atom stereocenters. The maximum atomic E-state index is 6.12. The Labute approximate surface area is 225 Å². The molecule has 10 heteroatoms. The number of rotatable bonds is 5. The number of aromatic nitrogens is 5. The van der Waals surface area contributed by atoms with Crippen LogP contribution in [0.3, 0.4) is 0 Å². The molecule has 0 aliphatic carbocycles. The molecular weight excluding hydrogens is 498 g/mol. The standard InChI is InChI=1S/C28H26ClN9/c1-16-5-8-21(32-28-34-23-10-7-20(29)11-24(23)35-28)12-25(16)38-15-19-13-31-27(36-26(19)37(4)18(38)3)33-22-9-6-17(2)30-14-22/h5-14H,3,15H2,1-2,4H3,(H,31,33,36)(H2,32,34,35). The monoisotopic (exact) mass is 523 g/mol. The third kappa shape index (κ3) is 4.48. The summed E-state index contributed by atoms with van der Waals surface area (Å²) >= 11 is 6.12. The van der Waals surface area contributed by atoms with Crippen LogP contribution in [0.4, 0.5) is 34.8 Å². The van der Waals surface area contributed by atoms with Crippen LogP contribution in [0.1, 0.15) is 16.8 Å². The molecule has 190 valence electrons. The van der Waals surface area contributed by atoms with Gasteiger partial charge in [0.2, 0.25) is 11.9 Å². The lowest BCUT2D eigenvalue weighted by atomic mass is 10.1. The zero-order chi connectivity index (χ0) is 26.4. The first-order valence-electron chi connectivity index (χ1n) is 12.1. The zero-order valence-corrected chi connectivity index (χ0v) is 22.0. The highest BCUT2D eigenvalue weighted by molar-refractivity contribution is 6.31. The molecule has 0 spiro atoms. The van der Waals surface area contributed by atoms with Crippen molar-refractivity contribution in [1.29, 1.82) is 0 Å². The summed E-state index contributed by atoms with van der Waals surface area (Å²) in [4.78, 5) is 25.7. The highest BCUT2D eigenvalue weighted by atomic mass is 35.5. The number of nitrogens with one attached hydrogen (secondary N) is 3. The van der Waals surface area contributed by atoms with Crippen LogP contribution in [0.15, 0.2) is 73.3 Å². The highest BCUT2D eigenvalue weighted by Crippen LogP contribution is 2.36. The summed E-state index contributed by atoms with van der Waals surface area (Å²) in [6.45, 7) is 9.01. The molecule has 0 saturated carbocycles. The van der Waals surface area contributed by atoms with Gasteiger partial charge in [0.25, 0.3) is 0 Å². The second kappa shape index (κ2) is 9.35. The maximum Gasteiger partial charge on any atom is 0.229 e. The number of aryl methyl sites for hydroxylation is 2. The molecule has 0 saturated heterocycles. The Morgan fingerprint density at radius 3 is 2.61 bits per heavy atom. The normalized spacial score (nSPS) is 13.1. The van der Waals surface area contributed by atoms with Gasteiger partial charge >= 0.3 is 0 Å². The van der Waals surface area contributed by atoms with Gasteiger partial charge in [0.05, 0.1) is 29.5 Å². The molecule has 0 fully saturated rings. The van der Waals surface area contributed by atoms with Crippen LogP contribution in [-0.2, 0) is 6.54 Å². The van der Waals surface area contributed by atoms with Gasteiger partial charge in [0.15, 0.2) is 0 Å². The number of aromatic amines is 1. The quantitative estimate of drug-likeness (QED) is 0.242. The van der Waals surface area contributed by atoms with Crippen molar-refractivity contribution in [3.63, 3.8) is 0 Å². The lowest BCUT2D eigenvalue weighted by Crippen LogP contribution is -2.38. The lowest BCUT2D eigenvalue weighted by molar-refractivity contribution is 0.800. The summed E-state index contributed by atoms with van der Waals surface area (Å²) < 4.78 is 0. The SMILES string of the molecule is C=C1N(C)c2nc(Nc3ccc(C)nc3)ncc2CN1c1cc(Nc2nc3ccc(Cl)cc3[nH]2)ccc1C. The largest absolute Gasteiger partial charge is 0.326 e. The molecule has 0 unspecified atom stereocenters. The van der Waals surface area contributed by atoms with E-state index in [1.807, 2.05) is 61.5 Å². The highest BCUT2D eigenvalue weighted by Gasteiger charge is 2.27. The van der Waals surface area contributed by atoms with Gasteiger partial charge in [-0.1, -0.05) is 24.2 Å². The molecule has 0 radical (unpaired) electrons. The topological polar surface area (TPSA) is 97.9 Å². The van der Waals surface area contributed by atoms with Crippen molar-refractivity contribution in [1.82, 2.24) is 24.9 Å². The number of hydrogen-bond acceptors (Lipinski definition) is 8. The van der Waals surface area contributed by atoms with Gasteiger partial charge < -0.3 is 25.4 Å². The van der Waals surface area contributed by atoms with Gasteiger partial charge in [0.1, 0.15) is 11.6 Å². The Balaban J connectivity index is 1.26. The van der Waals surface area contributed by atoms with E-state index in [0.29, 0.717) is 23.5 Å². The Morgan fingerprint density at radius 2 is 1.79 bits per heavy atom. The summed E-state index contributed by atoms with van der Waals surface area (Å²) in [6.07, 6.45) is 3.63. The van der Waals surface area contributed by atoms with Crippen molar-refractivity contribution < 1.29 is 0 Å². The lowest BCUT2D eigenvalue weighted by Gasteiger charge is -2.39. The molecule has 6 rings (SSSR count). The van der Waals surface area contributed by atoms with Crippen LogP contribution < -0.4 is 20.4 Å². The number of hydrogen-bond donors (Lipinski definition) is 3. The molecular formula is C28H26ClN9. The van der Waals surface area contributed by atoms with E-state index in [-0.39, 0.29) is 0 Å². The third-order valence-electron chi connectivity index (χ3n) is 6.56. The maximum absolute atomic E-state index is 6.12. The molecule has 2 aromatic carbocycles. The summed E-state index contributed by atoms with van der Waals surface area (Å²) in [5.41, 5.74) is 7.57. The molecule has 38 heavy (non-hydrogen) atoms. The Hall–Kier alpha value is -4.63. The molecule has 0 bridgehead atoms. The van der Waals surface area contributed by atoms with Gasteiger partial charge in [-0.3, -0.25) is 4.98 Å². The number of fused-ring (bicyclic) bond motifs is 2. The predicted octanol–water partition coefficient (Wildman–Crippen LogP) is 6.43. The fraction of sp³-hybridized carbons (Fsp3) is 0.143. The molecule has 9 nitrogen and oxygen atoms in total. The van der Waals surface area contributed by atoms with E-state index < -0.39 is 0 Å². The van der Waals surface area contributed by atoms with Crippen molar-refractivity contribution in [2.24, 2.45) is 0 Å². The van der Waals surface area contributed by atoms with E-state index >= 15 is 0 Å². The number of nitrogens with zero attached hydrogens (tertiary/aromatic N) is 6. The van der Waals surface area contributed by atoms with Crippen molar-refractivity contribution in [2.45, 2.75) is 20.4 Å². The van der Waals surface area contributed by atoms with Gasteiger partial charge in [-0.25, -0.2) is 9.97 Å². The smallest absolute Gasteiger partial charge is 0.229 e. The van der Waals surface area contributed by atoms with E-state index in [0.717, 1.165) is 56.6 Å². The number of pyridine rings is 1. The second-order valence-electron chi connectivity index (χ2n) is 9.29. The van der Waals surface area contributed by atoms with Crippen LogP contribution in [0.2, 0.25) is 5.02 Å². The van der Waals surface area contributed by atoms with Gasteiger partial charge in [-0.2, -0.15) is 4.98 Å². The van der Waals surface area contributed by atoms with Crippen molar-refractivity contribution in [3.05, 3.63) is 95.2 Å². The number of halogens is 1. The summed E-state index contributed by atoms with van der Waals surface area (Å²) in [7, 11) is 1.97. The van der Waals surface area contributed by atoms with E-state index in [2.05, 4.69) is 61.1 Å². The summed E-state index contributed by atoms with van der Waals surface area (Å²) in [6, 6.07) is 15.7. The Morgan fingerprint density at radius 1 is 0.947 bits per heavy atom. The van der Waals surface area contributed by atoms with Crippen LogP contribution in [0, 0.1) is 13.8 Å². The van der Waals surface area contributed by atoms with Crippen molar-refractivity contribution >= 4 is 57.4 Å². The third-order valence-corrected chi connectivity index (χ3v) is 6.80. The predicted molar refractivity (Wildman–Crippen MR) is 154 cm³/mol. The zero-order valence-electron chi connectivity index (χ0n) is 21.2. The van der Waals surface area contributed by atoms with Gasteiger partial charge in [-0.15, -0.1) is 0 Å². The first-order chi connectivity index (χ1) is 18.3. The fourth-order valence-electron chi connectivity index (χ4n) is 4.48. The fourth-order valence-corrected chi connectivity index (χ4v) is 4.65. The molecule has 1 aliphatic heterocycles. The number of H-pyrrole nitrogens is 1. The van der Waals surface area contributed by atoms with Crippen molar-refractivity contribution in [3.8, 4) is 0 Å². The molecule has 4 heterocycles. The van der Waals surface area contributed by atoms with Crippen LogP contribution in [0.5, 0.6) is 0 Å². The average molecular weight is 524 g/mol. The van der Waals surface area contributed by atoms with E-state index in [1.165, 1.54) is 0 Å². The summed E-state index contributed by atoms with van der Waals surface area (Å²) in [5, 5.41) is 7.28.